The molecule has 0 bridgehead atoms. The lowest BCUT2D eigenvalue weighted by Crippen LogP contribution is -2.59. The number of rotatable bonds is 10. The van der Waals surface area contributed by atoms with E-state index in [4.69, 9.17) is 14.7 Å². The zero-order valence-corrected chi connectivity index (χ0v) is 42.9. The Kier molecular flexibility index (Phi) is 12.9. The molecule has 1 spiro atoms. The van der Waals surface area contributed by atoms with Gasteiger partial charge in [-0.1, -0.05) is 31.5 Å². The quantitative estimate of drug-likeness (QED) is 0.161. The molecule has 1 aliphatic carbocycles. The maximum Gasteiger partial charge on any atom is 0.241 e. The van der Waals surface area contributed by atoms with E-state index in [9.17, 15) is 19.2 Å². The summed E-state index contributed by atoms with van der Waals surface area (Å²) < 4.78 is 8.45. The molecule has 1 N–H and O–H groups in total. The number of nitrogens with zero attached hydrogens (tertiary/aromatic N) is 9. The van der Waals surface area contributed by atoms with Crippen LogP contribution < -0.4 is 19.9 Å². The highest BCUT2D eigenvalue weighted by Crippen LogP contribution is 2.53. The molecule has 9 heterocycles. The molecule has 11 rings (SSSR count). The summed E-state index contributed by atoms with van der Waals surface area (Å²) in [6.07, 6.45) is 13.9. The zero-order chi connectivity index (χ0) is 50.1. The summed E-state index contributed by atoms with van der Waals surface area (Å²) in [7, 11) is 0. The van der Waals surface area contributed by atoms with E-state index in [2.05, 4.69) is 68.5 Å². The molecule has 0 radical (unpaired) electrons. The van der Waals surface area contributed by atoms with Crippen molar-refractivity contribution in [2.45, 2.75) is 154 Å². The van der Waals surface area contributed by atoms with Gasteiger partial charge in [-0.15, -0.1) is 0 Å². The van der Waals surface area contributed by atoms with Crippen molar-refractivity contribution in [2.24, 2.45) is 11.3 Å². The Balaban J connectivity index is 0.748. The smallest absolute Gasteiger partial charge is 0.241 e. The fourth-order valence-electron chi connectivity index (χ4n) is 13.1. The van der Waals surface area contributed by atoms with E-state index in [0.29, 0.717) is 89.7 Å². The molecule has 16 heteroatoms. The van der Waals surface area contributed by atoms with Crippen LogP contribution in [0, 0.1) is 11.3 Å². The Labute approximate surface area is 423 Å². The van der Waals surface area contributed by atoms with Crippen LogP contribution in [0.2, 0.25) is 0 Å². The maximum atomic E-state index is 15.3. The Morgan fingerprint density at radius 2 is 1.51 bits per heavy atom. The lowest BCUT2D eigenvalue weighted by molar-refractivity contribution is -0.150. The summed E-state index contributed by atoms with van der Waals surface area (Å²) in [4.78, 5) is 93.3. The van der Waals surface area contributed by atoms with Crippen LogP contribution in [0.25, 0.3) is 22.3 Å². The molecule has 6 aliphatic heterocycles. The van der Waals surface area contributed by atoms with Gasteiger partial charge in [0.2, 0.25) is 35.4 Å². The van der Waals surface area contributed by atoms with E-state index < -0.39 is 10.8 Å². The Morgan fingerprint density at radius 1 is 0.792 bits per heavy atom. The van der Waals surface area contributed by atoms with Crippen LogP contribution in [-0.4, -0.2) is 134 Å². The second-order valence-corrected chi connectivity index (χ2v) is 22.9. The average Bonchev–Trinajstić information content (AvgIpc) is 3.91. The van der Waals surface area contributed by atoms with Gasteiger partial charge in [0.1, 0.15) is 11.3 Å². The number of amides is 5. The number of nitrogens with one attached hydrogen (secondary N) is 1. The Hall–Kier alpha value is -5.90. The number of pyridine rings is 2. The first-order chi connectivity index (χ1) is 34.7. The molecule has 382 valence electrons. The van der Waals surface area contributed by atoms with Gasteiger partial charge in [0.15, 0.2) is 0 Å². The number of imide groups is 1. The lowest BCUT2D eigenvalue weighted by Gasteiger charge is -2.48. The molecule has 4 aromatic rings. The van der Waals surface area contributed by atoms with Crippen LogP contribution in [-0.2, 0) is 29.4 Å². The molecular formula is C56H72N10O6. The van der Waals surface area contributed by atoms with Gasteiger partial charge in [-0.25, -0.2) is 15.0 Å². The van der Waals surface area contributed by atoms with Crippen molar-refractivity contribution < 1.29 is 28.7 Å². The van der Waals surface area contributed by atoms with Crippen molar-refractivity contribution in [1.82, 2.24) is 39.5 Å². The molecule has 5 amide bonds. The first-order valence-electron chi connectivity index (χ1n) is 27.1. The number of hydrogen-bond acceptors (Lipinski definition) is 11. The van der Waals surface area contributed by atoms with Crippen molar-refractivity contribution in [1.29, 1.82) is 0 Å². The summed E-state index contributed by atoms with van der Waals surface area (Å²) in [5.74, 6) is 0.921. The monoisotopic (exact) mass is 981 g/mol. The summed E-state index contributed by atoms with van der Waals surface area (Å²) in [6, 6.07) is 13.2. The number of aromatic nitrogens is 4. The topological polar surface area (TPSA) is 166 Å². The minimum Gasteiger partial charge on any atom is -0.473 e. The number of piperidine rings is 5. The van der Waals surface area contributed by atoms with Gasteiger partial charge in [-0.05, 0) is 141 Å². The van der Waals surface area contributed by atoms with Gasteiger partial charge in [0.05, 0.1) is 35.0 Å². The summed E-state index contributed by atoms with van der Waals surface area (Å²) in [5, 5.41) is 2.43. The number of imidazole rings is 1. The van der Waals surface area contributed by atoms with E-state index in [1.165, 1.54) is 19.3 Å². The molecule has 6 fully saturated rings. The number of carbonyl (C=O) groups excluding carboxylic acids is 5. The summed E-state index contributed by atoms with van der Waals surface area (Å²) in [5.41, 5.74) is 4.96. The molecule has 5 saturated heterocycles. The molecule has 16 nitrogen and oxygen atoms in total. The standard InChI is InChI=1S/C56H72N10O6/c1-35(2)65-34-58-45-32-44(59-51(49(45)65)72-36(3)4)38-9-12-43-46(29-38)66(41-30-40(31-41)61-21-7-6-8-22-61)54(71)56(43)19-27-64(28-20-56)53(70)55(5)17-25-63(26-18-55)52(69)37-15-23-62(24-16-37)47-13-10-39(33-57-47)42-11-14-48(67)60-50(42)68/h9-10,12-13,29,32-37,40-42H,6-8,11,14-28,30-31H2,1-5H3,(H,60,67,68). The highest BCUT2D eigenvalue weighted by molar-refractivity contribution is 6.09. The van der Waals surface area contributed by atoms with E-state index in [1.807, 2.05) is 48.2 Å². The predicted octanol–water partition coefficient (Wildman–Crippen LogP) is 7.15. The minimum absolute atomic E-state index is 0.0733. The molecule has 72 heavy (non-hydrogen) atoms. The number of anilines is 2. The molecule has 1 unspecified atom stereocenters. The maximum absolute atomic E-state index is 15.3. The highest BCUT2D eigenvalue weighted by Gasteiger charge is 2.56. The van der Waals surface area contributed by atoms with Crippen molar-refractivity contribution in [3.05, 3.63) is 60.0 Å². The van der Waals surface area contributed by atoms with Crippen molar-refractivity contribution >= 4 is 52.1 Å². The summed E-state index contributed by atoms with van der Waals surface area (Å²) >= 11 is 0. The minimum atomic E-state index is -0.707. The second-order valence-electron chi connectivity index (χ2n) is 22.9. The fourth-order valence-corrected chi connectivity index (χ4v) is 13.1. The third kappa shape index (κ3) is 8.72. The Morgan fingerprint density at radius 3 is 2.18 bits per heavy atom. The molecule has 7 aliphatic rings. The first-order valence-corrected chi connectivity index (χ1v) is 27.1. The number of carbonyl (C=O) groups is 5. The van der Waals surface area contributed by atoms with Gasteiger partial charge in [0, 0.05) is 92.6 Å². The number of ether oxygens (including phenoxy) is 1. The number of benzene rings is 1. The normalized spacial score (nSPS) is 24.8. The number of fused-ring (bicyclic) bond motifs is 3. The average molecular weight is 981 g/mol. The van der Waals surface area contributed by atoms with Gasteiger partial charge in [0.25, 0.3) is 0 Å². The van der Waals surface area contributed by atoms with Crippen LogP contribution in [0.3, 0.4) is 0 Å². The first kappa shape index (κ1) is 48.4. The van der Waals surface area contributed by atoms with Crippen LogP contribution in [0.4, 0.5) is 11.5 Å². The van der Waals surface area contributed by atoms with E-state index >= 15 is 4.79 Å². The van der Waals surface area contributed by atoms with Crippen LogP contribution in [0.15, 0.2) is 48.9 Å². The number of hydrogen-bond donors (Lipinski definition) is 1. The lowest BCUT2D eigenvalue weighted by atomic mass is 9.72. The molecular weight excluding hydrogens is 909 g/mol. The van der Waals surface area contributed by atoms with Crippen molar-refractivity contribution in [3.63, 3.8) is 0 Å². The Bertz CT molecular complexity index is 2730. The van der Waals surface area contributed by atoms with Crippen LogP contribution >= 0.6 is 0 Å². The SMILES string of the molecule is CC(C)Oc1nc(-c2ccc3c(c2)N(C2CC(N4CCCCC4)C2)C(=O)C32CCN(C(=O)C3(C)CCN(C(=O)C4CCN(c5ccc(C6CCC(=O)NC6=O)cn5)CC4)CC3)CC2)cc2ncn(C(C)C)c12. The van der Waals surface area contributed by atoms with E-state index in [-0.39, 0.29) is 59.6 Å². The van der Waals surface area contributed by atoms with Gasteiger partial charge in [-0.3, -0.25) is 29.3 Å². The van der Waals surface area contributed by atoms with Crippen LogP contribution in [0.5, 0.6) is 5.88 Å². The molecule has 1 aromatic carbocycles. The predicted molar refractivity (Wildman–Crippen MR) is 275 cm³/mol. The van der Waals surface area contributed by atoms with Crippen LogP contribution in [0.1, 0.15) is 141 Å². The van der Waals surface area contributed by atoms with Crippen molar-refractivity contribution in [3.8, 4) is 17.1 Å². The van der Waals surface area contributed by atoms with Gasteiger partial charge >= 0.3 is 0 Å². The third-order valence-electron chi connectivity index (χ3n) is 17.7. The second kappa shape index (κ2) is 19.2. The summed E-state index contributed by atoms with van der Waals surface area (Å²) in [6.45, 7) is 16.2. The highest BCUT2D eigenvalue weighted by atomic mass is 16.5. The van der Waals surface area contributed by atoms with Gasteiger partial charge in [-0.2, -0.15) is 0 Å². The third-order valence-corrected chi connectivity index (χ3v) is 17.7. The molecule has 1 atom stereocenters. The molecule has 3 aromatic heterocycles. The van der Waals surface area contributed by atoms with Crippen molar-refractivity contribution in [2.75, 3.05) is 62.2 Å². The van der Waals surface area contributed by atoms with E-state index in [0.717, 1.165) is 83.7 Å². The largest absolute Gasteiger partial charge is 0.473 e. The molecule has 1 saturated carbocycles. The van der Waals surface area contributed by atoms with E-state index in [1.54, 1.807) is 6.20 Å². The van der Waals surface area contributed by atoms with Gasteiger partial charge < -0.3 is 33.8 Å². The zero-order valence-electron chi connectivity index (χ0n) is 42.9. The number of likely N-dealkylation sites (tertiary alicyclic amines) is 3. The fraction of sp³-hybridized carbons (Fsp3) is 0.607.